The number of hydrogen-bond acceptors (Lipinski definition) is 3. The van der Waals surface area contributed by atoms with E-state index in [-0.39, 0.29) is 18.0 Å². The van der Waals surface area contributed by atoms with Crippen LogP contribution >= 0.6 is 11.6 Å². The van der Waals surface area contributed by atoms with Crippen molar-refractivity contribution in [2.45, 2.75) is 19.4 Å². The van der Waals surface area contributed by atoms with Crippen LogP contribution in [0.2, 0.25) is 5.02 Å². The average Bonchev–Trinajstić information content (AvgIpc) is 2.99. The number of benzene rings is 2. The van der Waals surface area contributed by atoms with Gasteiger partial charge in [0.2, 0.25) is 11.8 Å². The zero-order valence-corrected chi connectivity index (χ0v) is 15.6. The van der Waals surface area contributed by atoms with Gasteiger partial charge in [-0.3, -0.25) is 9.59 Å². The Bertz CT molecular complexity index is 1100. The highest BCUT2D eigenvalue weighted by Gasteiger charge is 2.34. The summed E-state index contributed by atoms with van der Waals surface area (Å²) < 4.78 is 15.4. The lowest BCUT2D eigenvalue weighted by Gasteiger charge is -2.24. The summed E-state index contributed by atoms with van der Waals surface area (Å²) in [6.07, 6.45) is -0.0939. The number of carbonyl (C=O) groups is 2. The summed E-state index contributed by atoms with van der Waals surface area (Å²) in [5.41, 5.74) is 2.16. The molecule has 0 radical (unpaired) electrons. The minimum atomic E-state index is -0.894. The molecule has 0 fully saturated rings. The molecule has 0 spiro atoms. The largest absolute Gasteiger partial charge is 0.322 e. The summed E-state index contributed by atoms with van der Waals surface area (Å²) >= 11 is 6.08. The summed E-state index contributed by atoms with van der Waals surface area (Å²) in [5, 5.41) is 10.4. The third-order valence-corrected chi connectivity index (χ3v) is 4.85. The second-order valence-corrected chi connectivity index (χ2v) is 6.95. The minimum Gasteiger partial charge on any atom is -0.322 e. The second-order valence-electron chi connectivity index (χ2n) is 6.51. The van der Waals surface area contributed by atoms with Gasteiger partial charge in [0.1, 0.15) is 17.7 Å². The van der Waals surface area contributed by atoms with E-state index >= 15 is 0 Å². The molecular formula is C20H16ClFN4O2. The zero-order chi connectivity index (χ0) is 19.8. The van der Waals surface area contributed by atoms with E-state index in [4.69, 9.17) is 11.6 Å². The third-order valence-electron chi connectivity index (χ3n) is 4.61. The number of nitrogens with zero attached hydrogens (tertiary/aromatic N) is 2. The molecule has 0 saturated carbocycles. The first-order valence-corrected chi connectivity index (χ1v) is 9.02. The van der Waals surface area contributed by atoms with Gasteiger partial charge in [0.25, 0.3) is 0 Å². The Kier molecular flexibility index (Phi) is 4.60. The van der Waals surface area contributed by atoms with Crippen LogP contribution in [0.4, 0.5) is 15.9 Å². The Morgan fingerprint density at radius 3 is 2.82 bits per heavy atom. The predicted molar refractivity (Wildman–Crippen MR) is 105 cm³/mol. The number of hydrogen-bond donors (Lipinski definition) is 2. The van der Waals surface area contributed by atoms with E-state index < -0.39 is 17.8 Å². The number of halogens is 2. The first kappa shape index (κ1) is 18.2. The molecule has 2 amide bonds. The molecule has 1 atom stereocenters. The number of aromatic nitrogens is 2. The Morgan fingerprint density at radius 2 is 2.07 bits per heavy atom. The number of rotatable bonds is 3. The van der Waals surface area contributed by atoms with Crippen LogP contribution in [0.15, 0.2) is 48.5 Å². The molecule has 1 aliphatic heterocycles. The molecule has 1 aliphatic rings. The van der Waals surface area contributed by atoms with Crippen LogP contribution in [0.3, 0.4) is 0 Å². The SMILES string of the molecule is Cc1c(-c2cccc(Cl)c2)nn2c1NC(=O)CC2C(=O)Nc1ccccc1F. The summed E-state index contributed by atoms with van der Waals surface area (Å²) in [6, 6.07) is 12.1. The van der Waals surface area contributed by atoms with Crippen molar-refractivity contribution < 1.29 is 14.0 Å². The maximum absolute atomic E-state index is 13.9. The van der Waals surface area contributed by atoms with Gasteiger partial charge in [0, 0.05) is 16.1 Å². The van der Waals surface area contributed by atoms with Crippen molar-refractivity contribution in [2.75, 3.05) is 10.6 Å². The van der Waals surface area contributed by atoms with Crippen molar-refractivity contribution in [1.82, 2.24) is 9.78 Å². The molecule has 28 heavy (non-hydrogen) atoms. The van der Waals surface area contributed by atoms with Crippen molar-refractivity contribution >= 4 is 34.9 Å². The molecule has 6 nitrogen and oxygen atoms in total. The van der Waals surface area contributed by atoms with Gasteiger partial charge in [-0.05, 0) is 31.2 Å². The molecule has 2 N–H and O–H groups in total. The van der Waals surface area contributed by atoms with Gasteiger partial charge in [0.15, 0.2) is 0 Å². The topological polar surface area (TPSA) is 76.0 Å². The van der Waals surface area contributed by atoms with E-state index in [0.717, 1.165) is 11.1 Å². The molecule has 142 valence electrons. The molecule has 0 saturated heterocycles. The Labute approximate surface area is 165 Å². The minimum absolute atomic E-state index is 0.0546. The van der Waals surface area contributed by atoms with E-state index in [9.17, 15) is 14.0 Å². The lowest BCUT2D eigenvalue weighted by molar-refractivity contribution is -0.125. The number of fused-ring (bicyclic) bond motifs is 1. The monoisotopic (exact) mass is 398 g/mol. The highest BCUT2D eigenvalue weighted by atomic mass is 35.5. The summed E-state index contributed by atoms with van der Waals surface area (Å²) in [6.45, 7) is 1.81. The standard InChI is InChI=1S/C20H16ClFN4O2/c1-11-18(12-5-4-6-13(21)9-12)25-26-16(10-17(27)24-19(11)26)20(28)23-15-8-3-2-7-14(15)22/h2-9,16H,10H2,1H3,(H,23,28)(H,24,27). The molecule has 2 heterocycles. The first-order chi connectivity index (χ1) is 13.4. The highest BCUT2D eigenvalue weighted by molar-refractivity contribution is 6.30. The quantitative estimate of drug-likeness (QED) is 0.695. The number of nitrogens with one attached hydrogen (secondary N) is 2. The number of para-hydroxylation sites is 1. The van der Waals surface area contributed by atoms with Gasteiger partial charge in [-0.25, -0.2) is 9.07 Å². The van der Waals surface area contributed by atoms with Crippen molar-refractivity contribution in [2.24, 2.45) is 0 Å². The van der Waals surface area contributed by atoms with Crippen molar-refractivity contribution in [3.05, 3.63) is 64.9 Å². The molecule has 8 heteroatoms. The third kappa shape index (κ3) is 3.25. The molecule has 0 bridgehead atoms. The smallest absolute Gasteiger partial charge is 0.249 e. The number of amides is 2. The predicted octanol–water partition coefficient (Wildman–Crippen LogP) is 4.17. The van der Waals surface area contributed by atoms with Gasteiger partial charge < -0.3 is 10.6 Å². The van der Waals surface area contributed by atoms with Gasteiger partial charge in [-0.15, -0.1) is 0 Å². The molecule has 2 aromatic carbocycles. The lowest BCUT2D eigenvalue weighted by Crippen LogP contribution is -2.36. The lowest BCUT2D eigenvalue weighted by atomic mass is 10.1. The average molecular weight is 399 g/mol. The molecule has 1 unspecified atom stereocenters. The van der Waals surface area contributed by atoms with E-state index in [0.29, 0.717) is 16.5 Å². The Morgan fingerprint density at radius 1 is 1.29 bits per heavy atom. The molecule has 0 aliphatic carbocycles. The zero-order valence-electron chi connectivity index (χ0n) is 14.9. The normalized spacial score (nSPS) is 15.7. The summed E-state index contributed by atoms with van der Waals surface area (Å²) in [4.78, 5) is 25.0. The van der Waals surface area contributed by atoms with Crippen LogP contribution in [-0.4, -0.2) is 21.6 Å². The van der Waals surface area contributed by atoms with Gasteiger partial charge in [0.05, 0.1) is 17.8 Å². The molecule has 1 aromatic heterocycles. The van der Waals surface area contributed by atoms with Crippen molar-refractivity contribution in [1.29, 1.82) is 0 Å². The van der Waals surface area contributed by atoms with Crippen LogP contribution in [0.5, 0.6) is 0 Å². The van der Waals surface area contributed by atoms with Crippen molar-refractivity contribution in [3.8, 4) is 11.3 Å². The van der Waals surface area contributed by atoms with Crippen LogP contribution in [0.1, 0.15) is 18.0 Å². The summed E-state index contributed by atoms with van der Waals surface area (Å²) in [5.74, 6) is -0.921. The van der Waals surface area contributed by atoms with E-state index in [1.165, 1.54) is 22.9 Å². The number of carbonyl (C=O) groups excluding carboxylic acids is 2. The van der Waals surface area contributed by atoms with E-state index in [1.807, 2.05) is 13.0 Å². The molecule has 4 rings (SSSR count). The maximum Gasteiger partial charge on any atom is 0.249 e. The molecule has 3 aromatic rings. The van der Waals surface area contributed by atoms with Crippen LogP contribution in [0.25, 0.3) is 11.3 Å². The Balaban J connectivity index is 1.72. The fourth-order valence-electron chi connectivity index (χ4n) is 3.23. The number of anilines is 2. The Hall–Kier alpha value is -3.19. The van der Waals surface area contributed by atoms with Gasteiger partial charge in [-0.1, -0.05) is 35.9 Å². The van der Waals surface area contributed by atoms with E-state index in [1.54, 1.807) is 24.3 Å². The maximum atomic E-state index is 13.9. The first-order valence-electron chi connectivity index (χ1n) is 8.64. The van der Waals surface area contributed by atoms with Crippen LogP contribution in [0, 0.1) is 12.7 Å². The highest BCUT2D eigenvalue weighted by Crippen LogP contribution is 2.35. The van der Waals surface area contributed by atoms with Gasteiger partial charge in [-0.2, -0.15) is 5.10 Å². The fourth-order valence-corrected chi connectivity index (χ4v) is 3.42. The summed E-state index contributed by atoms with van der Waals surface area (Å²) in [7, 11) is 0. The fraction of sp³-hybridized carbons (Fsp3) is 0.150. The second kappa shape index (κ2) is 7.09. The van der Waals surface area contributed by atoms with Gasteiger partial charge >= 0.3 is 0 Å². The van der Waals surface area contributed by atoms with Crippen LogP contribution in [-0.2, 0) is 9.59 Å². The molecular weight excluding hydrogens is 383 g/mol. The van der Waals surface area contributed by atoms with Crippen molar-refractivity contribution in [3.63, 3.8) is 0 Å². The van der Waals surface area contributed by atoms with Crippen LogP contribution < -0.4 is 10.6 Å². The van der Waals surface area contributed by atoms with E-state index in [2.05, 4.69) is 15.7 Å².